The number of carboxylic acids is 2. The molecule has 0 spiro atoms. The molecule has 0 aromatic heterocycles. The van der Waals surface area contributed by atoms with E-state index in [4.69, 9.17) is 14.6 Å². The normalized spacial score (nSPS) is 22.5. The molecule has 0 radical (unpaired) electrons. The van der Waals surface area contributed by atoms with Crippen molar-refractivity contribution in [1.29, 1.82) is 0 Å². The zero-order valence-electron chi connectivity index (χ0n) is 11.6. The number of hydrogen-bond acceptors (Lipinski definition) is 4. The van der Waals surface area contributed by atoms with Crippen LogP contribution in [0, 0.1) is 5.41 Å². The molecule has 19 heavy (non-hydrogen) atoms. The van der Waals surface area contributed by atoms with Crippen LogP contribution in [0.3, 0.4) is 0 Å². The van der Waals surface area contributed by atoms with Crippen molar-refractivity contribution in [2.45, 2.75) is 39.9 Å². The summed E-state index contributed by atoms with van der Waals surface area (Å²) in [6, 6.07) is 0. The third kappa shape index (κ3) is 3.13. The Kier molecular flexibility index (Phi) is 4.37. The molecule has 6 nitrogen and oxygen atoms in total. The largest absolute Gasteiger partial charge is 0.478 e. The van der Waals surface area contributed by atoms with Crippen molar-refractivity contribution in [1.82, 2.24) is 0 Å². The standard InChI is InChI=1S/C13H20O6/c1-5-13(6-18-12(3,4)19-7-13)9(11(16)17)8(2)10(14)15/h5-7H2,1-4H3,(H,14,15)(H,16,17)/b9-8+. The fourth-order valence-electron chi connectivity index (χ4n) is 2.12. The van der Waals surface area contributed by atoms with Crippen LogP contribution in [0.1, 0.15) is 34.1 Å². The highest BCUT2D eigenvalue weighted by Crippen LogP contribution is 2.40. The van der Waals surface area contributed by atoms with Gasteiger partial charge >= 0.3 is 11.9 Å². The van der Waals surface area contributed by atoms with Crippen LogP contribution in [-0.2, 0) is 19.1 Å². The first-order valence-electron chi connectivity index (χ1n) is 6.11. The van der Waals surface area contributed by atoms with Gasteiger partial charge in [0, 0.05) is 11.0 Å². The van der Waals surface area contributed by atoms with Gasteiger partial charge < -0.3 is 19.7 Å². The van der Waals surface area contributed by atoms with E-state index in [-0.39, 0.29) is 24.4 Å². The molecule has 0 unspecified atom stereocenters. The molecule has 108 valence electrons. The molecule has 1 aliphatic rings. The van der Waals surface area contributed by atoms with E-state index in [1.165, 1.54) is 6.92 Å². The molecule has 0 amide bonds. The topological polar surface area (TPSA) is 93.1 Å². The predicted octanol–water partition coefficient (Wildman–Crippen LogP) is 1.65. The summed E-state index contributed by atoms with van der Waals surface area (Å²) in [6.45, 7) is 6.82. The summed E-state index contributed by atoms with van der Waals surface area (Å²) in [4.78, 5) is 22.5. The lowest BCUT2D eigenvalue weighted by Crippen LogP contribution is -2.49. The summed E-state index contributed by atoms with van der Waals surface area (Å²) in [5.41, 5.74) is -1.25. The Hall–Kier alpha value is -1.40. The SMILES string of the molecule is CCC1(/C(C(=O)O)=C(\C)C(=O)O)COC(C)(C)OC1. The van der Waals surface area contributed by atoms with Gasteiger partial charge in [-0.15, -0.1) is 0 Å². The van der Waals surface area contributed by atoms with E-state index in [0.717, 1.165) is 0 Å². The van der Waals surface area contributed by atoms with Crippen molar-refractivity contribution in [3.8, 4) is 0 Å². The Labute approximate surface area is 112 Å². The van der Waals surface area contributed by atoms with E-state index in [1.54, 1.807) is 20.8 Å². The van der Waals surface area contributed by atoms with E-state index in [2.05, 4.69) is 0 Å². The van der Waals surface area contributed by atoms with Crippen molar-refractivity contribution in [3.05, 3.63) is 11.1 Å². The minimum atomic E-state index is -1.24. The molecule has 0 saturated carbocycles. The van der Waals surface area contributed by atoms with Crippen molar-refractivity contribution >= 4 is 11.9 Å². The second-order valence-electron chi connectivity index (χ2n) is 5.22. The quantitative estimate of drug-likeness (QED) is 0.756. The number of carbonyl (C=O) groups is 2. The van der Waals surface area contributed by atoms with Gasteiger partial charge in [-0.3, -0.25) is 0 Å². The summed E-state index contributed by atoms with van der Waals surface area (Å²) < 4.78 is 11.0. The van der Waals surface area contributed by atoms with Gasteiger partial charge in [0.05, 0.1) is 18.8 Å². The van der Waals surface area contributed by atoms with Gasteiger partial charge in [-0.05, 0) is 27.2 Å². The number of carboxylic acid groups (broad SMARTS) is 2. The molecule has 1 rings (SSSR count). The lowest BCUT2D eigenvalue weighted by molar-refractivity contribution is -0.279. The summed E-state index contributed by atoms with van der Waals surface area (Å²) in [5.74, 6) is -3.26. The predicted molar refractivity (Wildman–Crippen MR) is 66.7 cm³/mol. The number of ether oxygens (including phenoxy) is 2. The average Bonchev–Trinajstić information content (AvgIpc) is 2.31. The first-order valence-corrected chi connectivity index (χ1v) is 6.11. The minimum Gasteiger partial charge on any atom is -0.478 e. The summed E-state index contributed by atoms with van der Waals surface area (Å²) in [5, 5.41) is 18.4. The van der Waals surface area contributed by atoms with Crippen LogP contribution in [0.5, 0.6) is 0 Å². The van der Waals surface area contributed by atoms with Gasteiger partial charge in [-0.25, -0.2) is 9.59 Å². The zero-order chi connectivity index (χ0) is 14.8. The van der Waals surface area contributed by atoms with E-state index in [9.17, 15) is 14.7 Å². The molecule has 1 aliphatic heterocycles. The third-order valence-electron chi connectivity index (χ3n) is 3.51. The smallest absolute Gasteiger partial charge is 0.332 e. The molecule has 0 aliphatic carbocycles. The number of rotatable bonds is 4. The van der Waals surface area contributed by atoms with Crippen molar-refractivity contribution < 1.29 is 29.3 Å². The van der Waals surface area contributed by atoms with Crippen molar-refractivity contribution in [2.24, 2.45) is 5.41 Å². The molecule has 0 bridgehead atoms. The Morgan fingerprint density at radius 3 is 1.89 bits per heavy atom. The van der Waals surface area contributed by atoms with Crippen LogP contribution >= 0.6 is 0 Å². The maximum atomic E-state index is 11.4. The van der Waals surface area contributed by atoms with E-state index >= 15 is 0 Å². The highest BCUT2D eigenvalue weighted by Gasteiger charge is 2.45. The number of aliphatic carboxylic acids is 2. The average molecular weight is 272 g/mol. The maximum absolute atomic E-state index is 11.4. The third-order valence-corrected chi connectivity index (χ3v) is 3.51. The van der Waals surface area contributed by atoms with Gasteiger partial charge in [0.25, 0.3) is 0 Å². The van der Waals surface area contributed by atoms with Crippen molar-refractivity contribution in [3.63, 3.8) is 0 Å². The molecule has 0 aromatic rings. The molecule has 2 N–H and O–H groups in total. The molecule has 1 saturated heterocycles. The van der Waals surface area contributed by atoms with Gasteiger partial charge in [-0.1, -0.05) is 6.92 Å². The Bertz CT molecular complexity index is 411. The maximum Gasteiger partial charge on any atom is 0.332 e. The van der Waals surface area contributed by atoms with Crippen molar-refractivity contribution in [2.75, 3.05) is 13.2 Å². The van der Waals surface area contributed by atoms with Crippen LogP contribution in [-0.4, -0.2) is 41.2 Å². The molecular weight excluding hydrogens is 252 g/mol. The summed E-state index contributed by atoms with van der Waals surface area (Å²) in [7, 11) is 0. The molecule has 1 fully saturated rings. The monoisotopic (exact) mass is 272 g/mol. The van der Waals surface area contributed by atoms with Gasteiger partial charge in [-0.2, -0.15) is 0 Å². The van der Waals surface area contributed by atoms with Crippen LogP contribution in [0.25, 0.3) is 0 Å². The highest BCUT2D eigenvalue weighted by molar-refractivity contribution is 5.99. The van der Waals surface area contributed by atoms with Gasteiger partial charge in [0.2, 0.25) is 0 Å². The lowest BCUT2D eigenvalue weighted by Gasteiger charge is -2.43. The zero-order valence-corrected chi connectivity index (χ0v) is 11.6. The lowest BCUT2D eigenvalue weighted by atomic mass is 9.76. The Balaban J connectivity index is 3.23. The molecular formula is C13H20O6. The fourth-order valence-corrected chi connectivity index (χ4v) is 2.12. The van der Waals surface area contributed by atoms with Crippen LogP contribution in [0.2, 0.25) is 0 Å². The van der Waals surface area contributed by atoms with E-state index in [0.29, 0.717) is 6.42 Å². The second-order valence-corrected chi connectivity index (χ2v) is 5.22. The molecule has 0 atom stereocenters. The van der Waals surface area contributed by atoms with Gasteiger partial charge in [0.15, 0.2) is 5.79 Å². The van der Waals surface area contributed by atoms with E-state index < -0.39 is 23.1 Å². The molecule has 0 aromatic carbocycles. The Morgan fingerprint density at radius 1 is 1.11 bits per heavy atom. The highest BCUT2D eigenvalue weighted by atomic mass is 16.7. The number of hydrogen-bond donors (Lipinski definition) is 2. The Morgan fingerprint density at radius 2 is 1.58 bits per heavy atom. The second kappa shape index (κ2) is 5.30. The molecule has 6 heteroatoms. The molecule has 1 heterocycles. The van der Waals surface area contributed by atoms with Gasteiger partial charge in [0.1, 0.15) is 0 Å². The van der Waals surface area contributed by atoms with Crippen LogP contribution in [0.15, 0.2) is 11.1 Å². The van der Waals surface area contributed by atoms with Crippen LogP contribution in [0.4, 0.5) is 0 Å². The minimum absolute atomic E-state index is 0.128. The summed E-state index contributed by atoms with van der Waals surface area (Å²) >= 11 is 0. The summed E-state index contributed by atoms with van der Waals surface area (Å²) in [6.07, 6.45) is 0.426. The first kappa shape index (κ1) is 15.7. The fraction of sp³-hybridized carbons (Fsp3) is 0.692. The van der Waals surface area contributed by atoms with Crippen LogP contribution < -0.4 is 0 Å². The van der Waals surface area contributed by atoms with E-state index in [1.807, 2.05) is 0 Å². The first-order chi connectivity index (χ1) is 8.65.